The van der Waals surface area contributed by atoms with Crippen molar-refractivity contribution in [3.05, 3.63) is 0 Å². The lowest BCUT2D eigenvalue weighted by Crippen LogP contribution is -2.47. The van der Waals surface area contributed by atoms with Crippen LogP contribution in [0.15, 0.2) is 0 Å². The fraction of sp³-hybridized carbons (Fsp3) is 0.941. The van der Waals surface area contributed by atoms with Crippen molar-refractivity contribution >= 4 is 28.3 Å². The number of halogens is 1. The first-order valence-electron chi connectivity index (χ1n) is 9.41. The molecule has 0 aliphatic carbocycles. The average Bonchev–Trinajstić information content (AvgIpc) is 3.07. The molecule has 0 saturated carbocycles. The number of amides is 1. The van der Waals surface area contributed by atoms with Crippen molar-refractivity contribution in [2.75, 3.05) is 31.9 Å². The van der Waals surface area contributed by atoms with Crippen LogP contribution in [0.5, 0.6) is 0 Å². The van der Waals surface area contributed by atoms with Gasteiger partial charge in [-0.25, -0.2) is 12.7 Å². The molecule has 1 amide bonds. The van der Waals surface area contributed by atoms with Crippen LogP contribution in [0.25, 0.3) is 0 Å². The Morgan fingerprint density at radius 2 is 2.08 bits per heavy atom. The molecule has 2 N–H and O–H groups in total. The third-order valence-electron chi connectivity index (χ3n) is 5.09. The number of carbonyl (C=O) groups excluding carboxylic acids is 1. The van der Waals surface area contributed by atoms with Gasteiger partial charge >= 0.3 is 0 Å². The molecule has 0 aromatic heterocycles. The van der Waals surface area contributed by atoms with Gasteiger partial charge in [-0.05, 0) is 50.5 Å². The maximum Gasteiger partial charge on any atom is 0.237 e. The first kappa shape index (κ1) is 22.7. The summed E-state index contributed by atoms with van der Waals surface area (Å²) in [6, 6.07) is -0.0664. The lowest BCUT2D eigenvalue weighted by molar-refractivity contribution is -0.123. The predicted octanol–water partition coefficient (Wildman–Crippen LogP) is 1.75. The lowest BCUT2D eigenvalue weighted by atomic mass is 9.99. The summed E-state index contributed by atoms with van der Waals surface area (Å²) < 4.78 is 26.8. The van der Waals surface area contributed by atoms with Crippen LogP contribution >= 0.6 is 12.4 Å². The summed E-state index contributed by atoms with van der Waals surface area (Å²) in [6.45, 7) is 6.74. The molecule has 0 radical (unpaired) electrons. The van der Waals surface area contributed by atoms with Crippen LogP contribution in [-0.4, -0.2) is 56.6 Å². The minimum absolute atomic E-state index is 0. The molecule has 2 aliphatic heterocycles. The average molecular weight is 396 g/mol. The van der Waals surface area contributed by atoms with Crippen molar-refractivity contribution in [3.8, 4) is 0 Å². The highest BCUT2D eigenvalue weighted by Crippen LogP contribution is 2.21. The smallest absolute Gasteiger partial charge is 0.237 e. The van der Waals surface area contributed by atoms with E-state index in [0.29, 0.717) is 19.6 Å². The van der Waals surface area contributed by atoms with Crippen LogP contribution in [-0.2, 0) is 14.8 Å². The third-order valence-corrected chi connectivity index (χ3v) is 7.20. The zero-order valence-electron chi connectivity index (χ0n) is 15.5. The molecule has 2 aliphatic rings. The molecule has 0 spiro atoms. The van der Waals surface area contributed by atoms with E-state index in [4.69, 9.17) is 0 Å². The Morgan fingerprint density at radius 1 is 1.32 bits per heavy atom. The summed E-state index contributed by atoms with van der Waals surface area (Å²) in [5, 5.41) is 6.20. The largest absolute Gasteiger partial charge is 0.354 e. The zero-order chi connectivity index (χ0) is 17.6. The third kappa shape index (κ3) is 7.04. The number of hydrogen-bond donors (Lipinski definition) is 2. The Kier molecular flexibility index (Phi) is 9.70. The van der Waals surface area contributed by atoms with Crippen molar-refractivity contribution in [3.63, 3.8) is 0 Å². The van der Waals surface area contributed by atoms with Crippen LogP contribution in [0.2, 0.25) is 0 Å². The van der Waals surface area contributed by atoms with Crippen LogP contribution < -0.4 is 10.6 Å². The van der Waals surface area contributed by atoms with Gasteiger partial charge in [0.2, 0.25) is 15.9 Å². The molecule has 8 heteroatoms. The highest BCUT2D eigenvalue weighted by molar-refractivity contribution is 7.89. The normalized spacial score (nSPS) is 26.0. The van der Waals surface area contributed by atoms with E-state index >= 15 is 0 Å². The van der Waals surface area contributed by atoms with Crippen LogP contribution in [0.4, 0.5) is 0 Å². The Labute approximate surface area is 159 Å². The SMILES string of the molecule is CCCC(C)CS(=O)(=O)N1CCCC(CNC(=O)C2CCCN2)C1.Cl. The summed E-state index contributed by atoms with van der Waals surface area (Å²) in [4.78, 5) is 12.1. The molecular weight excluding hydrogens is 362 g/mol. The van der Waals surface area contributed by atoms with Gasteiger partial charge in [-0.15, -0.1) is 12.4 Å². The molecule has 0 aromatic rings. The summed E-state index contributed by atoms with van der Waals surface area (Å²) in [5.41, 5.74) is 0. The van der Waals surface area contributed by atoms with Gasteiger partial charge in [-0.2, -0.15) is 0 Å². The first-order valence-corrected chi connectivity index (χ1v) is 11.0. The van der Waals surface area contributed by atoms with Crippen LogP contribution in [0, 0.1) is 11.8 Å². The minimum Gasteiger partial charge on any atom is -0.354 e. The molecule has 3 atom stereocenters. The van der Waals surface area contributed by atoms with Gasteiger partial charge in [0.1, 0.15) is 0 Å². The van der Waals surface area contributed by atoms with E-state index in [1.165, 1.54) is 0 Å². The van der Waals surface area contributed by atoms with E-state index in [9.17, 15) is 13.2 Å². The minimum atomic E-state index is -3.18. The molecule has 0 bridgehead atoms. The number of rotatable bonds is 8. The summed E-state index contributed by atoms with van der Waals surface area (Å²) in [6.07, 6.45) is 5.76. The van der Waals surface area contributed by atoms with E-state index in [1.807, 2.05) is 6.92 Å². The fourth-order valence-electron chi connectivity index (χ4n) is 3.76. The molecule has 0 aromatic carbocycles. The number of hydrogen-bond acceptors (Lipinski definition) is 4. The zero-order valence-corrected chi connectivity index (χ0v) is 17.1. The number of nitrogens with zero attached hydrogens (tertiary/aromatic N) is 1. The van der Waals surface area contributed by atoms with Gasteiger partial charge < -0.3 is 10.6 Å². The quantitative estimate of drug-likeness (QED) is 0.656. The van der Waals surface area contributed by atoms with Crippen molar-refractivity contribution in [1.29, 1.82) is 0 Å². The van der Waals surface area contributed by atoms with Gasteiger partial charge in [0.15, 0.2) is 0 Å². The Balaban J connectivity index is 0.00000312. The van der Waals surface area contributed by atoms with Crippen molar-refractivity contribution in [2.45, 2.75) is 58.4 Å². The molecule has 2 rings (SSSR count). The lowest BCUT2D eigenvalue weighted by Gasteiger charge is -2.33. The molecule has 3 unspecified atom stereocenters. The van der Waals surface area contributed by atoms with E-state index in [0.717, 1.165) is 45.1 Å². The topological polar surface area (TPSA) is 78.5 Å². The molecule has 6 nitrogen and oxygen atoms in total. The summed E-state index contributed by atoms with van der Waals surface area (Å²) >= 11 is 0. The molecular formula is C17H34ClN3O3S. The van der Waals surface area contributed by atoms with E-state index < -0.39 is 10.0 Å². The maximum absolute atomic E-state index is 12.6. The first-order chi connectivity index (χ1) is 11.4. The molecule has 2 saturated heterocycles. The molecule has 148 valence electrons. The van der Waals surface area contributed by atoms with E-state index in [1.54, 1.807) is 4.31 Å². The number of piperidine rings is 1. The van der Waals surface area contributed by atoms with Gasteiger partial charge in [0.05, 0.1) is 11.8 Å². The number of sulfonamides is 1. The maximum atomic E-state index is 12.6. The Hall–Kier alpha value is -0.370. The predicted molar refractivity (Wildman–Crippen MR) is 103 cm³/mol. The van der Waals surface area contributed by atoms with Crippen LogP contribution in [0.3, 0.4) is 0 Å². The van der Waals surface area contributed by atoms with Crippen LogP contribution in [0.1, 0.15) is 52.4 Å². The molecule has 25 heavy (non-hydrogen) atoms. The van der Waals surface area contributed by atoms with Gasteiger partial charge in [0, 0.05) is 19.6 Å². The summed E-state index contributed by atoms with van der Waals surface area (Å²) in [7, 11) is -3.18. The fourth-order valence-corrected chi connectivity index (χ4v) is 5.71. The van der Waals surface area contributed by atoms with E-state index in [2.05, 4.69) is 17.6 Å². The summed E-state index contributed by atoms with van der Waals surface area (Å²) in [5.74, 6) is 0.726. The van der Waals surface area contributed by atoms with Gasteiger partial charge in [-0.3, -0.25) is 4.79 Å². The second kappa shape index (κ2) is 10.7. The van der Waals surface area contributed by atoms with Crippen molar-refractivity contribution in [2.24, 2.45) is 11.8 Å². The molecule has 2 heterocycles. The Morgan fingerprint density at radius 3 is 2.72 bits per heavy atom. The van der Waals surface area contributed by atoms with Crippen molar-refractivity contribution in [1.82, 2.24) is 14.9 Å². The molecule has 2 fully saturated rings. The van der Waals surface area contributed by atoms with Gasteiger partial charge in [0.25, 0.3) is 0 Å². The standard InChI is InChI=1S/C17H33N3O3S.ClH/c1-3-6-14(2)13-24(22,23)20-10-5-7-15(12-20)11-19-17(21)16-8-4-9-18-16;/h14-16,18H,3-13H2,1-2H3,(H,19,21);1H. The highest BCUT2D eigenvalue weighted by atomic mass is 35.5. The monoisotopic (exact) mass is 395 g/mol. The number of nitrogens with one attached hydrogen (secondary N) is 2. The number of carbonyl (C=O) groups is 1. The van der Waals surface area contributed by atoms with Crippen molar-refractivity contribution < 1.29 is 13.2 Å². The van der Waals surface area contributed by atoms with Gasteiger partial charge in [-0.1, -0.05) is 20.3 Å². The second-order valence-electron chi connectivity index (χ2n) is 7.43. The highest BCUT2D eigenvalue weighted by Gasteiger charge is 2.30. The Bertz CT molecular complexity index is 509. The van der Waals surface area contributed by atoms with E-state index in [-0.39, 0.29) is 41.9 Å². The second-order valence-corrected chi connectivity index (χ2v) is 9.45.